The molecule has 2 rings (SSSR count). The number of hydrogen-bond acceptors (Lipinski definition) is 4. The Morgan fingerprint density at radius 2 is 1.80 bits per heavy atom. The van der Waals surface area contributed by atoms with Gasteiger partial charge < -0.3 is 19.4 Å². The number of amides is 2. The molecule has 0 aromatic heterocycles. The molecule has 2 saturated heterocycles. The Labute approximate surface area is 120 Å². The Morgan fingerprint density at radius 3 is 2.35 bits per heavy atom. The van der Waals surface area contributed by atoms with Gasteiger partial charge in [0, 0.05) is 45.8 Å². The molecule has 0 radical (unpaired) electrons. The zero-order valence-corrected chi connectivity index (χ0v) is 12.5. The molecule has 114 valence electrons. The van der Waals surface area contributed by atoms with Crippen LogP contribution in [0.4, 0.5) is 0 Å². The maximum absolute atomic E-state index is 12.2. The third kappa shape index (κ3) is 3.93. The smallest absolute Gasteiger partial charge is 0.251 e. The van der Waals surface area contributed by atoms with Crippen molar-refractivity contribution in [3.63, 3.8) is 0 Å². The second kappa shape index (κ2) is 7.04. The van der Waals surface area contributed by atoms with Gasteiger partial charge in [-0.25, -0.2) is 0 Å². The van der Waals surface area contributed by atoms with Crippen LogP contribution in [0.3, 0.4) is 0 Å². The van der Waals surface area contributed by atoms with Gasteiger partial charge in [-0.3, -0.25) is 9.59 Å². The summed E-state index contributed by atoms with van der Waals surface area (Å²) in [5.74, 6) is 0.283. The number of carbonyl (C=O) groups excluding carboxylic acids is 2. The zero-order chi connectivity index (χ0) is 14.5. The van der Waals surface area contributed by atoms with Crippen molar-refractivity contribution < 1.29 is 14.3 Å². The number of rotatable bonds is 4. The van der Waals surface area contributed by atoms with Gasteiger partial charge in [-0.2, -0.15) is 0 Å². The minimum Gasteiger partial charge on any atom is -0.368 e. The fourth-order valence-corrected chi connectivity index (χ4v) is 2.63. The average Bonchev–Trinajstić information content (AvgIpc) is 2.98. The van der Waals surface area contributed by atoms with E-state index >= 15 is 0 Å². The molecule has 1 atom stereocenters. The molecular formula is C14H25N3O3. The number of piperazine rings is 1. The minimum atomic E-state index is -0.244. The lowest BCUT2D eigenvalue weighted by Gasteiger charge is -2.36. The predicted molar refractivity (Wildman–Crippen MR) is 75.3 cm³/mol. The van der Waals surface area contributed by atoms with Crippen LogP contribution >= 0.6 is 0 Å². The molecule has 2 fully saturated rings. The van der Waals surface area contributed by atoms with Crippen LogP contribution < -0.4 is 0 Å². The van der Waals surface area contributed by atoms with Crippen molar-refractivity contribution in [3.05, 3.63) is 0 Å². The molecule has 0 bridgehead atoms. The van der Waals surface area contributed by atoms with E-state index in [1.165, 1.54) is 0 Å². The Kier molecular flexibility index (Phi) is 5.37. The molecular weight excluding hydrogens is 258 g/mol. The van der Waals surface area contributed by atoms with Gasteiger partial charge in [-0.1, -0.05) is 0 Å². The van der Waals surface area contributed by atoms with Gasteiger partial charge >= 0.3 is 0 Å². The highest BCUT2D eigenvalue weighted by Gasteiger charge is 2.31. The number of ether oxygens (including phenoxy) is 1. The summed E-state index contributed by atoms with van der Waals surface area (Å²) in [7, 11) is 3.93. The topological polar surface area (TPSA) is 53.1 Å². The molecule has 2 aliphatic heterocycles. The van der Waals surface area contributed by atoms with Crippen LogP contribution in [-0.2, 0) is 14.3 Å². The van der Waals surface area contributed by atoms with E-state index in [1.54, 1.807) is 0 Å². The monoisotopic (exact) mass is 283 g/mol. The van der Waals surface area contributed by atoms with Gasteiger partial charge in [-0.15, -0.1) is 0 Å². The quantitative estimate of drug-likeness (QED) is 0.716. The van der Waals surface area contributed by atoms with Crippen molar-refractivity contribution in [2.24, 2.45) is 0 Å². The molecule has 0 aliphatic carbocycles. The lowest BCUT2D eigenvalue weighted by atomic mass is 10.2. The molecule has 6 nitrogen and oxygen atoms in total. The average molecular weight is 283 g/mol. The van der Waals surface area contributed by atoms with Crippen molar-refractivity contribution in [2.45, 2.75) is 25.4 Å². The van der Waals surface area contributed by atoms with Crippen molar-refractivity contribution in [2.75, 3.05) is 53.4 Å². The first kappa shape index (κ1) is 15.3. The van der Waals surface area contributed by atoms with E-state index in [4.69, 9.17) is 4.74 Å². The molecule has 0 N–H and O–H groups in total. The molecule has 0 aromatic carbocycles. The number of nitrogens with zero attached hydrogens (tertiary/aromatic N) is 3. The van der Waals surface area contributed by atoms with Gasteiger partial charge in [0.15, 0.2) is 0 Å². The Bertz CT molecular complexity index is 346. The summed E-state index contributed by atoms with van der Waals surface area (Å²) in [5, 5.41) is 0. The number of hydrogen-bond donors (Lipinski definition) is 0. The molecule has 0 saturated carbocycles. The van der Waals surface area contributed by atoms with Crippen LogP contribution in [0.5, 0.6) is 0 Å². The minimum absolute atomic E-state index is 0.0999. The van der Waals surface area contributed by atoms with Crippen LogP contribution in [0.2, 0.25) is 0 Å². The third-order valence-electron chi connectivity index (χ3n) is 3.92. The van der Waals surface area contributed by atoms with Gasteiger partial charge in [0.1, 0.15) is 6.10 Å². The molecule has 2 aliphatic rings. The van der Waals surface area contributed by atoms with Crippen LogP contribution in [0.15, 0.2) is 0 Å². The largest absolute Gasteiger partial charge is 0.368 e. The second-order valence-electron chi connectivity index (χ2n) is 5.76. The fourth-order valence-electron chi connectivity index (χ4n) is 2.63. The maximum Gasteiger partial charge on any atom is 0.251 e. The van der Waals surface area contributed by atoms with Crippen LogP contribution in [0, 0.1) is 0 Å². The first-order valence-electron chi connectivity index (χ1n) is 7.41. The predicted octanol–water partition coefficient (Wildman–Crippen LogP) is -0.212. The zero-order valence-electron chi connectivity index (χ0n) is 12.5. The normalized spacial score (nSPS) is 23.4. The van der Waals surface area contributed by atoms with E-state index in [1.807, 2.05) is 28.8 Å². The van der Waals surface area contributed by atoms with Gasteiger partial charge in [0.05, 0.1) is 0 Å². The lowest BCUT2D eigenvalue weighted by molar-refractivity contribution is -0.146. The molecule has 2 heterocycles. The molecule has 0 aromatic rings. The van der Waals surface area contributed by atoms with Gasteiger partial charge in [0.2, 0.25) is 5.91 Å². The van der Waals surface area contributed by atoms with Gasteiger partial charge in [-0.05, 0) is 26.9 Å². The summed E-state index contributed by atoms with van der Waals surface area (Å²) < 4.78 is 5.43. The molecule has 2 amide bonds. The van der Waals surface area contributed by atoms with E-state index in [2.05, 4.69) is 0 Å². The second-order valence-corrected chi connectivity index (χ2v) is 5.76. The standard InChI is InChI=1S/C14H25N3O3/c1-15(2)6-5-13(18)16-7-9-17(10-8-16)14(19)12-4-3-11-20-12/h12H,3-11H2,1-2H3. The van der Waals surface area contributed by atoms with E-state index in [0.29, 0.717) is 39.2 Å². The highest BCUT2D eigenvalue weighted by molar-refractivity contribution is 5.82. The summed E-state index contributed by atoms with van der Waals surface area (Å²) in [4.78, 5) is 29.9. The summed E-state index contributed by atoms with van der Waals surface area (Å²) >= 11 is 0. The molecule has 20 heavy (non-hydrogen) atoms. The first-order chi connectivity index (χ1) is 9.58. The third-order valence-corrected chi connectivity index (χ3v) is 3.92. The summed E-state index contributed by atoms with van der Waals surface area (Å²) in [5.41, 5.74) is 0. The van der Waals surface area contributed by atoms with Crippen LogP contribution in [-0.4, -0.2) is 86.0 Å². The molecule has 1 unspecified atom stereocenters. The van der Waals surface area contributed by atoms with Crippen molar-refractivity contribution in [1.29, 1.82) is 0 Å². The first-order valence-corrected chi connectivity index (χ1v) is 7.41. The Balaban J connectivity index is 1.74. The van der Waals surface area contributed by atoms with Crippen molar-refractivity contribution in [1.82, 2.24) is 14.7 Å². The van der Waals surface area contributed by atoms with Crippen LogP contribution in [0.25, 0.3) is 0 Å². The van der Waals surface area contributed by atoms with E-state index in [0.717, 1.165) is 19.4 Å². The Morgan fingerprint density at radius 1 is 1.15 bits per heavy atom. The summed E-state index contributed by atoms with van der Waals surface area (Å²) in [6.45, 7) is 4.02. The fraction of sp³-hybridized carbons (Fsp3) is 0.857. The SMILES string of the molecule is CN(C)CCC(=O)N1CCN(C(=O)C2CCCO2)CC1. The van der Waals surface area contributed by atoms with E-state index < -0.39 is 0 Å². The van der Waals surface area contributed by atoms with Gasteiger partial charge in [0.25, 0.3) is 5.91 Å². The molecule has 6 heteroatoms. The van der Waals surface area contributed by atoms with E-state index in [9.17, 15) is 9.59 Å². The maximum atomic E-state index is 12.2. The Hall–Kier alpha value is -1.14. The van der Waals surface area contributed by atoms with E-state index in [-0.39, 0.29) is 17.9 Å². The lowest BCUT2D eigenvalue weighted by Crippen LogP contribution is -2.53. The molecule has 0 spiro atoms. The van der Waals surface area contributed by atoms with Crippen molar-refractivity contribution >= 4 is 11.8 Å². The van der Waals surface area contributed by atoms with Crippen molar-refractivity contribution in [3.8, 4) is 0 Å². The highest BCUT2D eigenvalue weighted by atomic mass is 16.5. The van der Waals surface area contributed by atoms with Crippen LogP contribution in [0.1, 0.15) is 19.3 Å². The highest BCUT2D eigenvalue weighted by Crippen LogP contribution is 2.16. The summed E-state index contributed by atoms with van der Waals surface area (Å²) in [6, 6.07) is 0. The number of carbonyl (C=O) groups is 2. The summed E-state index contributed by atoms with van der Waals surface area (Å²) in [6.07, 6.45) is 2.11.